The van der Waals surface area contributed by atoms with Crippen molar-refractivity contribution in [1.82, 2.24) is 5.32 Å². The van der Waals surface area contributed by atoms with Gasteiger partial charge in [0.2, 0.25) is 0 Å². The van der Waals surface area contributed by atoms with Crippen LogP contribution in [0.15, 0.2) is 24.3 Å². The summed E-state index contributed by atoms with van der Waals surface area (Å²) >= 11 is 11.6. The summed E-state index contributed by atoms with van der Waals surface area (Å²) in [6.07, 6.45) is 0.220. The lowest BCUT2D eigenvalue weighted by atomic mass is 10.1. The van der Waals surface area contributed by atoms with Gasteiger partial charge in [-0.2, -0.15) is 0 Å². The molecule has 0 aromatic heterocycles. The van der Waals surface area contributed by atoms with E-state index in [9.17, 15) is 18.8 Å². The number of alkyl halides is 2. The van der Waals surface area contributed by atoms with Gasteiger partial charge in [-0.3, -0.25) is 14.9 Å². The van der Waals surface area contributed by atoms with Crippen molar-refractivity contribution in [3.05, 3.63) is 30.1 Å². The van der Waals surface area contributed by atoms with Gasteiger partial charge in [0.15, 0.2) is 6.61 Å². The molecule has 0 aliphatic heterocycles. The number of carbonyl (C=O) groups is 3. The second-order valence-electron chi connectivity index (χ2n) is 5.27. The molecule has 23 heavy (non-hydrogen) atoms. The summed E-state index contributed by atoms with van der Waals surface area (Å²) in [7, 11) is 0. The van der Waals surface area contributed by atoms with E-state index in [-0.39, 0.29) is 12.1 Å². The molecule has 1 atom stereocenters. The van der Waals surface area contributed by atoms with Crippen molar-refractivity contribution in [3.63, 3.8) is 0 Å². The lowest BCUT2D eigenvalue weighted by Gasteiger charge is -2.12. The van der Waals surface area contributed by atoms with Crippen LogP contribution in [0, 0.1) is 11.2 Å². The highest BCUT2D eigenvalue weighted by molar-refractivity contribution is 6.53. The van der Waals surface area contributed by atoms with Gasteiger partial charge in [-0.15, -0.1) is 23.2 Å². The lowest BCUT2D eigenvalue weighted by molar-refractivity contribution is -0.153. The quantitative estimate of drug-likeness (QED) is 0.636. The summed E-state index contributed by atoms with van der Waals surface area (Å²) < 4.78 is 16.9. The summed E-state index contributed by atoms with van der Waals surface area (Å²) in [5, 5.41) is 4.06. The average Bonchev–Trinajstić information content (AvgIpc) is 2.99. The Morgan fingerprint density at radius 2 is 1.91 bits per heavy atom. The zero-order valence-corrected chi connectivity index (χ0v) is 13.5. The van der Waals surface area contributed by atoms with Crippen LogP contribution in [-0.2, 0) is 14.3 Å². The lowest BCUT2D eigenvalue weighted by Crippen LogP contribution is -2.38. The first-order valence-corrected chi connectivity index (χ1v) is 7.32. The number of amides is 3. The van der Waals surface area contributed by atoms with Crippen molar-refractivity contribution in [2.75, 3.05) is 11.9 Å². The number of nitrogens with one attached hydrogen (secondary N) is 2. The van der Waals surface area contributed by atoms with E-state index in [1.165, 1.54) is 25.1 Å². The maximum Gasteiger partial charge on any atom is 0.326 e. The van der Waals surface area contributed by atoms with Crippen LogP contribution < -0.4 is 10.6 Å². The number of para-hydroxylation sites is 1. The van der Waals surface area contributed by atoms with Gasteiger partial charge in [0.05, 0.1) is 5.69 Å². The molecule has 1 aliphatic carbocycles. The highest BCUT2D eigenvalue weighted by Crippen LogP contribution is 2.64. The van der Waals surface area contributed by atoms with E-state index in [1.807, 2.05) is 5.32 Å². The number of urea groups is 1. The largest absolute Gasteiger partial charge is 0.455 e. The molecule has 0 unspecified atom stereocenters. The van der Waals surface area contributed by atoms with Gasteiger partial charge in [0, 0.05) is 6.42 Å². The summed E-state index contributed by atoms with van der Waals surface area (Å²) in [6.45, 7) is 0.834. The predicted octanol–water partition coefficient (Wildman–Crippen LogP) is 2.60. The van der Waals surface area contributed by atoms with Crippen LogP contribution in [-0.4, -0.2) is 28.8 Å². The van der Waals surface area contributed by atoms with Gasteiger partial charge in [-0.1, -0.05) is 12.1 Å². The summed E-state index contributed by atoms with van der Waals surface area (Å²) in [5.74, 6) is -2.25. The minimum Gasteiger partial charge on any atom is -0.455 e. The number of ether oxygens (including phenoxy) is 1. The molecule has 3 amide bonds. The van der Waals surface area contributed by atoms with Crippen molar-refractivity contribution in [2.24, 2.45) is 5.41 Å². The average molecular weight is 363 g/mol. The first-order chi connectivity index (χ1) is 10.7. The molecule has 1 fully saturated rings. The van der Waals surface area contributed by atoms with E-state index in [4.69, 9.17) is 27.9 Å². The molecular weight excluding hydrogens is 350 g/mol. The molecule has 0 heterocycles. The topological polar surface area (TPSA) is 84.5 Å². The molecule has 6 nitrogen and oxygen atoms in total. The number of benzene rings is 1. The van der Waals surface area contributed by atoms with Crippen LogP contribution in [0.25, 0.3) is 0 Å². The van der Waals surface area contributed by atoms with Gasteiger partial charge in [-0.05, 0) is 19.1 Å². The maximum atomic E-state index is 13.3. The Bertz CT molecular complexity index is 668. The van der Waals surface area contributed by atoms with Crippen molar-refractivity contribution in [1.29, 1.82) is 0 Å². The Kier molecular flexibility index (Phi) is 4.81. The van der Waals surface area contributed by atoms with Crippen molar-refractivity contribution < 1.29 is 23.5 Å². The molecular formula is C14H13Cl2FN2O4. The van der Waals surface area contributed by atoms with Crippen LogP contribution in [0.3, 0.4) is 0 Å². The Labute approximate surface area is 141 Å². The first-order valence-electron chi connectivity index (χ1n) is 6.56. The molecule has 124 valence electrons. The van der Waals surface area contributed by atoms with Crippen molar-refractivity contribution in [2.45, 2.75) is 17.7 Å². The molecule has 0 bridgehead atoms. The Morgan fingerprint density at radius 3 is 2.48 bits per heavy atom. The zero-order chi connectivity index (χ0) is 17.3. The van der Waals surface area contributed by atoms with E-state index in [1.54, 1.807) is 0 Å². The predicted molar refractivity (Wildman–Crippen MR) is 81.7 cm³/mol. The number of rotatable bonds is 4. The minimum absolute atomic E-state index is 0.0886. The molecule has 9 heteroatoms. The van der Waals surface area contributed by atoms with E-state index >= 15 is 0 Å². The number of hydrogen-bond acceptors (Lipinski definition) is 4. The van der Waals surface area contributed by atoms with Gasteiger partial charge < -0.3 is 10.1 Å². The highest BCUT2D eigenvalue weighted by Gasteiger charge is 2.69. The van der Waals surface area contributed by atoms with E-state index in [2.05, 4.69) is 5.32 Å². The van der Waals surface area contributed by atoms with Crippen LogP contribution >= 0.6 is 23.2 Å². The standard InChI is InChI=1S/C14H13Cl2FN2O4/c1-13(7-14(13,15)16)11(21)23-6-10(20)19-12(22)18-9-5-3-2-4-8(9)17/h2-5H,6-7H2,1H3,(H2,18,19,20,22)/t13-/m1/s1. The number of imide groups is 1. The zero-order valence-electron chi connectivity index (χ0n) is 12.0. The fourth-order valence-electron chi connectivity index (χ4n) is 1.79. The van der Waals surface area contributed by atoms with Crippen molar-refractivity contribution in [3.8, 4) is 0 Å². The Morgan fingerprint density at radius 1 is 1.30 bits per heavy atom. The van der Waals surface area contributed by atoms with Crippen LogP contribution in [0.4, 0.5) is 14.9 Å². The molecule has 2 rings (SSSR count). The monoisotopic (exact) mass is 362 g/mol. The second-order valence-corrected chi connectivity index (χ2v) is 6.76. The molecule has 1 aromatic carbocycles. The van der Waals surface area contributed by atoms with E-state index in [0.29, 0.717) is 0 Å². The summed E-state index contributed by atoms with van der Waals surface area (Å²) in [4.78, 5) is 34.8. The molecule has 0 saturated heterocycles. The Balaban J connectivity index is 1.78. The molecule has 1 saturated carbocycles. The highest BCUT2D eigenvalue weighted by atomic mass is 35.5. The number of carbonyl (C=O) groups excluding carboxylic acids is 3. The van der Waals surface area contributed by atoms with E-state index < -0.39 is 40.1 Å². The maximum absolute atomic E-state index is 13.3. The van der Waals surface area contributed by atoms with Crippen molar-refractivity contribution >= 4 is 46.8 Å². The smallest absolute Gasteiger partial charge is 0.326 e. The second kappa shape index (κ2) is 6.33. The normalized spacial score (nSPS) is 21.2. The third-order valence-electron chi connectivity index (χ3n) is 3.42. The molecule has 2 N–H and O–H groups in total. The van der Waals surface area contributed by atoms with Gasteiger partial charge in [0.25, 0.3) is 5.91 Å². The number of anilines is 1. The first kappa shape index (κ1) is 17.5. The minimum atomic E-state index is -1.21. The van der Waals surface area contributed by atoms with Crippen LogP contribution in [0.5, 0.6) is 0 Å². The fraction of sp³-hybridized carbons (Fsp3) is 0.357. The number of esters is 1. The van der Waals surface area contributed by atoms with Crippen LogP contribution in [0.2, 0.25) is 0 Å². The third kappa shape index (κ3) is 3.92. The molecule has 0 radical (unpaired) electrons. The molecule has 1 aliphatic rings. The van der Waals surface area contributed by atoms with Crippen LogP contribution in [0.1, 0.15) is 13.3 Å². The number of halogens is 3. The van der Waals surface area contributed by atoms with E-state index in [0.717, 1.165) is 6.07 Å². The third-order valence-corrected chi connectivity index (χ3v) is 4.52. The summed E-state index contributed by atoms with van der Waals surface area (Å²) in [6, 6.07) is 4.50. The Hall–Kier alpha value is -1.86. The molecule has 1 aromatic rings. The molecule has 0 spiro atoms. The SMILES string of the molecule is C[C@]1(C(=O)OCC(=O)NC(=O)Nc2ccccc2F)CC1(Cl)Cl. The van der Waals surface area contributed by atoms with Gasteiger partial charge in [-0.25, -0.2) is 9.18 Å². The summed E-state index contributed by atoms with van der Waals surface area (Å²) in [5.41, 5.74) is -1.15. The fourth-order valence-corrected chi connectivity index (χ4v) is 2.48. The van der Waals surface area contributed by atoms with Gasteiger partial charge >= 0.3 is 12.0 Å². The number of hydrogen-bond donors (Lipinski definition) is 2. The van der Waals surface area contributed by atoms with Gasteiger partial charge in [0.1, 0.15) is 15.6 Å².